The fraction of sp³-hybridized carbons (Fsp3) is 0.714. The van der Waals surface area contributed by atoms with Crippen LogP contribution in [0.25, 0.3) is 5.57 Å². The Morgan fingerprint density at radius 1 is 1.00 bits per heavy atom. The molecule has 1 spiro atoms. The third-order valence-corrected chi connectivity index (χ3v) is 14.5. The van der Waals surface area contributed by atoms with Crippen molar-refractivity contribution in [1.82, 2.24) is 9.97 Å². The highest BCUT2D eigenvalue weighted by atomic mass is 15.0. The van der Waals surface area contributed by atoms with Crippen LogP contribution in [0.15, 0.2) is 53.9 Å². The molecule has 1 aromatic heterocycles. The minimum Gasteiger partial charge on any atom is -0.333 e. The van der Waals surface area contributed by atoms with Gasteiger partial charge in [0.15, 0.2) is 0 Å². The van der Waals surface area contributed by atoms with Crippen LogP contribution in [0.1, 0.15) is 118 Å². The van der Waals surface area contributed by atoms with Crippen LogP contribution in [0.4, 0.5) is 0 Å². The van der Waals surface area contributed by atoms with E-state index in [-0.39, 0.29) is 12.8 Å². The van der Waals surface area contributed by atoms with Gasteiger partial charge in [-0.15, -0.1) is 0 Å². The maximum Gasteiger partial charge on any atom is 0.0885 e. The van der Waals surface area contributed by atoms with Gasteiger partial charge in [-0.05, 0) is 148 Å². The van der Waals surface area contributed by atoms with Crippen molar-refractivity contribution in [2.75, 3.05) is 7.05 Å². The van der Waals surface area contributed by atoms with E-state index < -0.39 is 0 Å². The number of fused-ring (bicyclic) bond motifs is 6. The van der Waals surface area contributed by atoms with Gasteiger partial charge in [0.2, 0.25) is 0 Å². The predicted molar refractivity (Wildman–Crippen MR) is 197 cm³/mol. The monoisotopic (exact) mass is 622 g/mol. The highest BCUT2D eigenvalue weighted by molar-refractivity contribution is 6.10. The van der Waals surface area contributed by atoms with Crippen molar-refractivity contribution in [2.45, 2.75) is 119 Å². The van der Waals surface area contributed by atoms with E-state index in [1.54, 1.807) is 11.1 Å². The Balaban J connectivity index is 0.000000555. The van der Waals surface area contributed by atoms with E-state index in [9.17, 15) is 0 Å². The summed E-state index contributed by atoms with van der Waals surface area (Å²) in [7, 11) is 6.61. The van der Waals surface area contributed by atoms with E-state index in [4.69, 9.17) is 19.4 Å². The number of aryl methyl sites for hydroxylation is 1. The molecule has 11 atom stereocenters. The third-order valence-electron chi connectivity index (χ3n) is 14.5. The molecule has 5 saturated carbocycles. The van der Waals surface area contributed by atoms with Gasteiger partial charge in [-0.1, -0.05) is 78.2 Å². The average Bonchev–Trinajstić information content (AvgIpc) is 3.83. The Hall–Kier alpha value is -1.94. The molecule has 1 heterocycles. The normalized spacial score (nSPS) is 42.5. The molecule has 0 saturated heterocycles. The largest absolute Gasteiger partial charge is 0.333 e. The molecule has 5 fully saturated rings. The van der Waals surface area contributed by atoms with E-state index in [0.29, 0.717) is 16.6 Å². The number of allylic oxidation sites excluding steroid dienone is 6. The number of nitrogens with zero attached hydrogens (tertiary/aromatic N) is 2. The molecule has 7 aliphatic rings. The summed E-state index contributed by atoms with van der Waals surface area (Å²) in [4.78, 5) is 9.45. The maximum atomic E-state index is 5.11. The van der Waals surface area contributed by atoms with Gasteiger partial charge in [0.05, 0.1) is 25.4 Å². The Morgan fingerprint density at radius 2 is 1.70 bits per heavy atom. The maximum absolute atomic E-state index is 5.11. The first-order chi connectivity index (χ1) is 21.4. The van der Waals surface area contributed by atoms with Crippen LogP contribution in [0.5, 0.6) is 0 Å². The molecule has 2 radical (unpaired) electrons. The van der Waals surface area contributed by atoms with Gasteiger partial charge in [-0.25, -0.2) is 0 Å². The zero-order chi connectivity index (χ0) is 32.6. The number of aromatic nitrogens is 2. The molecule has 2 N–H and O–H groups in total. The van der Waals surface area contributed by atoms with Crippen molar-refractivity contribution < 1.29 is 0 Å². The lowest BCUT2D eigenvalue weighted by atomic mass is 9.43. The molecule has 3 nitrogen and oxygen atoms in total. The van der Waals surface area contributed by atoms with E-state index in [1.165, 1.54) is 75.1 Å². The van der Waals surface area contributed by atoms with E-state index >= 15 is 0 Å². The Morgan fingerprint density at radius 3 is 2.30 bits per heavy atom. The molecule has 250 valence electrons. The van der Waals surface area contributed by atoms with Crippen molar-refractivity contribution in [1.29, 1.82) is 0 Å². The smallest absolute Gasteiger partial charge is 0.0885 e. The van der Waals surface area contributed by atoms with Gasteiger partial charge >= 0.3 is 0 Å². The van der Waals surface area contributed by atoms with Crippen LogP contribution in [-0.2, 0) is 0 Å². The molecular formula is C42H64BN3. The molecule has 7 aliphatic carbocycles. The quantitative estimate of drug-likeness (QED) is 0.340. The van der Waals surface area contributed by atoms with E-state index in [0.717, 1.165) is 65.2 Å². The number of hydrogen-bond donors (Lipinski definition) is 1. The van der Waals surface area contributed by atoms with Gasteiger partial charge in [0, 0.05) is 17.2 Å². The van der Waals surface area contributed by atoms with Crippen LogP contribution in [0.2, 0.25) is 5.82 Å². The predicted octanol–water partition coefficient (Wildman–Crippen LogP) is 10.3. The van der Waals surface area contributed by atoms with Gasteiger partial charge in [0.1, 0.15) is 0 Å². The summed E-state index contributed by atoms with van der Waals surface area (Å²) in [5.41, 5.74) is 15.3. The summed E-state index contributed by atoms with van der Waals surface area (Å²) >= 11 is 0. The Bertz CT molecular complexity index is 1400. The van der Waals surface area contributed by atoms with Crippen LogP contribution in [0.3, 0.4) is 0 Å². The summed E-state index contributed by atoms with van der Waals surface area (Å²) in [6, 6.07) is 0. The zero-order valence-corrected chi connectivity index (χ0v) is 29.8. The van der Waals surface area contributed by atoms with Gasteiger partial charge < -0.3 is 5.73 Å². The number of hydrogen-bond acceptors (Lipinski definition) is 3. The second kappa shape index (κ2) is 12.5. The minimum absolute atomic E-state index is 0. The van der Waals surface area contributed by atoms with Crippen molar-refractivity contribution in [2.24, 2.45) is 69.3 Å². The van der Waals surface area contributed by atoms with Crippen LogP contribution < -0.4 is 5.73 Å². The zero-order valence-electron chi connectivity index (χ0n) is 29.8. The summed E-state index contributed by atoms with van der Waals surface area (Å²) < 4.78 is 0. The fourth-order valence-electron chi connectivity index (χ4n) is 12.8. The third kappa shape index (κ3) is 4.92. The lowest BCUT2D eigenvalue weighted by Crippen LogP contribution is -2.54. The lowest BCUT2D eigenvalue weighted by molar-refractivity contribution is -0.0854. The van der Waals surface area contributed by atoms with Crippen molar-refractivity contribution in [3.8, 4) is 0 Å². The summed E-state index contributed by atoms with van der Waals surface area (Å²) in [6.45, 7) is 25.4. The van der Waals surface area contributed by atoms with E-state index in [1.807, 2.05) is 33.2 Å². The van der Waals surface area contributed by atoms with Crippen LogP contribution in [0, 0.1) is 70.5 Å². The van der Waals surface area contributed by atoms with Crippen molar-refractivity contribution in [3.63, 3.8) is 0 Å². The minimum atomic E-state index is 0. The number of rotatable bonds is 4. The molecule has 1 aromatic rings. The Labute approximate surface area is 283 Å². The van der Waals surface area contributed by atoms with E-state index in [2.05, 4.69) is 51.1 Å². The molecule has 8 rings (SSSR count). The topological polar surface area (TPSA) is 51.8 Å². The Kier molecular flexibility index (Phi) is 9.62. The highest BCUT2D eigenvalue weighted by Crippen LogP contribution is 2.98. The lowest BCUT2D eigenvalue weighted by Gasteiger charge is -2.60. The van der Waals surface area contributed by atoms with Gasteiger partial charge in [0.25, 0.3) is 0 Å². The molecule has 0 bridgehead atoms. The van der Waals surface area contributed by atoms with Crippen LogP contribution >= 0.6 is 0 Å². The molecular weight excluding hydrogens is 557 g/mol. The second-order valence-electron chi connectivity index (χ2n) is 16.8. The standard InChI is InChI=1S/C37H48N2.C3H7B.CH5N.CH4/c1-8-26-20(2)13-24(14-21(26)3)15-25-9-10-29-28-17-32-34-31-16-27(33-19-38-22(4)18-39-33)23(5)36(7,37(31,32)34)30(28)11-12-35(25,29)6;1-3(2)4;1-2;/h16,18-19,24-25,28-32,34H,2,5,8-15,17H2,1,3-4,6-7H3;3H,1-2H3;2H2,1H3;1H4. The molecule has 0 aliphatic heterocycles. The summed E-state index contributed by atoms with van der Waals surface area (Å²) in [6.07, 6.45) is 18.9. The highest BCUT2D eigenvalue weighted by Gasteiger charge is 2.94. The van der Waals surface area contributed by atoms with Gasteiger partial charge in [-0.3, -0.25) is 9.97 Å². The SMILES string of the molecule is C.C=C1CC(CC2CCC3C4CC5C6C7C=C(c8cnc(C)cn8)C(=C)C(C)(C4CCC23C)C756)CC(C)=C1CC.CN.[B]C(C)C. The first kappa shape index (κ1) is 35.4. The summed E-state index contributed by atoms with van der Waals surface area (Å²) in [5, 5.41) is 0. The fourth-order valence-corrected chi connectivity index (χ4v) is 12.8. The average molecular weight is 622 g/mol. The van der Waals surface area contributed by atoms with Gasteiger partial charge in [-0.2, -0.15) is 0 Å². The van der Waals surface area contributed by atoms with Crippen molar-refractivity contribution in [3.05, 3.63) is 65.3 Å². The first-order valence-electron chi connectivity index (χ1n) is 18.3. The number of nitrogens with two attached hydrogens (primary N) is 1. The molecule has 11 unspecified atom stereocenters. The second-order valence-corrected chi connectivity index (χ2v) is 16.8. The van der Waals surface area contributed by atoms with Crippen LogP contribution in [-0.4, -0.2) is 24.9 Å². The van der Waals surface area contributed by atoms with Crippen molar-refractivity contribution >= 4 is 13.4 Å². The molecule has 4 heteroatoms. The first-order valence-corrected chi connectivity index (χ1v) is 18.3. The molecule has 0 amide bonds. The molecule has 46 heavy (non-hydrogen) atoms. The molecule has 0 aromatic carbocycles. The summed E-state index contributed by atoms with van der Waals surface area (Å²) in [5.74, 6) is 7.28.